The maximum atomic E-state index is 13.4. The number of ether oxygens (including phenoxy) is 1. The molecule has 3 rings (SSSR count). The van der Waals surface area contributed by atoms with E-state index < -0.39 is 52.5 Å². The monoisotopic (exact) mass is 502 g/mol. The van der Waals surface area contributed by atoms with Gasteiger partial charge in [-0.2, -0.15) is 26.3 Å². The summed E-state index contributed by atoms with van der Waals surface area (Å²) in [6.45, 7) is 5.00. The number of hydrogen-bond donors (Lipinski definition) is 1. The first-order valence-corrected chi connectivity index (χ1v) is 10.7. The van der Waals surface area contributed by atoms with Crippen molar-refractivity contribution in [3.05, 3.63) is 58.7 Å². The standard InChI is InChI=1S/C24H24F6N2O3/c1-5-22(12-32(20(33)19(22)35-4)18-13(2)7-6-8-14(18)3)21(34)31-17-10-15(23(25,26)27)9-16(11-17)24(28,29)30/h6-11,19H,5,12H2,1-4H3,(H,31,34). The third-order valence-electron chi connectivity index (χ3n) is 6.31. The van der Waals surface area contributed by atoms with Gasteiger partial charge in [-0.25, -0.2) is 0 Å². The average molecular weight is 502 g/mol. The zero-order valence-electron chi connectivity index (χ0n) is 19.4. The number of nitrogens with zero attached hydrogens (tertiary/aromatic N) is 1. The van der Waals surface area contributed by atoms with E-state index in [-0.39, 0.29) is 19.0 Å². The zero-order valence-corrected chi connectivity index (χ0v) is 19.4. The molecule has 35 heavy (non-hydrogen) atoms. The highest BCUT2D eigenvalue weighted by molar-refractivity contribution is 6.09. The molecular weight excluding hydrogens is 478 g/mol. The van der Waals surface area contributed by atoms with Crippen LogP contribution in [0.25, 0.3) is 0 Å². The fourth-order valence-corrected chi connectivity index (χ4v) is 4.50. The van der Waals surface area contributed by atoms with Crippen LogP contribution >= 0.6 is 0 Å². The predicted molar refractivity (Wildman–Crippen MR) is 117 cm³/mol. The lowest BCUT2D eigenvalue weighted by atomic mass is 9.80. The number of halogens is 6. The Bertz CT molecular complexity index is 1090. The van der Waals surface area contributed by atoms with Crippen LogP contribution in [-0.4, -0.2) is 31.6 Å². The number of alkyl halides is 6. The molecule has 0 saturated carbocycles. The number of hydrogen-bond acceptors (Lipinski definition) is 3. The molecule has 11 heteroatoms. The molecule has 2 unspecified atom stereocenters. The summed E-state index contributed by atoms with van der Waals surface area (Å²) in [5.41, 5.74) is -3.28. The van der Waals surface area contributed by atoms with Gasteiger partial charge in [0.05, 0.1) is 11.1 Å². The maximum absolute atomic E-state index is 13.4. The molecule has 1 N–H and O–H groups in total. The minimum absolute atomic E-state index is 0.0228. The highest BCUT2D eigenvalue weighted by Gasteiger charge is 2.57. The SMILES string of the molecule is CCC1(C(=O)Nc2cc(C(F)(F)F)cc(C(F)(F)F)c2)CN(c2c(C)cccc2C)C(=O)C1OC. The topological polar surface area (TPSA) is 58.6 Å². The third-order valence-corrected chi connectivity index (χ3v) is 6.31. The van der Waals surface area contributed by atoms with Crippen molar-refractivity contribution >= 4 is 23.2 Å². The van der Waals surface area contributed by atoms with Crippen LogP contribution in [0.2, 0.25) is 0 Å². The van der Waals surface area contributed by atoms with Crippen LogP contribution in [0.5, 0.6) is 0 Å². The summed E-state index contributed by atoms with van der Waals surface area (Å²) in [5, 5.41) is 2.19. The minimum Gasteiger partial charge on any atom is -0.370 e. The Kier molecular flexibility index (Phi) is 6.95. The summed E-state index contributed by atoms with van der Waals surface area (Å²) in [4.78, 5) is 28.1. The Hall–Kier alpha value is -3.08. The van der Waals surface area contributed by atoms with Crippen molar-refractivity contribution in [3.8, 4) is 0 Å². The van der Waals surface area contributed by atoms with E-state index in [1.807, 2.05) is 0 Å². The highest BCUT2D eigenvalue weighted by atomic mass is 19.4. The van der Waals surface area contributed by atoms with E-state index in [4.69, 9.17) is 4.74 Å². The second kappa shape index (κ2) is 9.18. The van der Waals surface area contributed by atoms with Gasteiger partial charge in [0.25, 0.3) is 5.91 Å². The number of aryl methyl sites for hydroxylation is 2. The quantitative estimate of drug-likeness (QED) is 0.531. The molecule has 1 fully saturated rings. The average Bonchev–Trinajstić information content (AvgIpc) is 3.04. The van der Waals surface area contributed by atoms with Crippen LogP contribution in [0.3, 0.4) is 0 Å². The smallest absolute Gasteiger partial charge is 0.370 e. The van der Waals surface area contributed by atoms with Gasteiger partial charge >= 0.3 is 12.4 Å². The van der Waals surface area contributed by atoms with Gasteiger partial charge in [-0.3, -0.25) is 9.59 Å². The number of methoxy groups -OCH3 is 1. The molecule has 2 aromatic carbocycles. The molecule has 2 amide bonds. The number of para-hydroxylation sites is 1. The first-order chi connectivity index (χ1) is 16.2. The molecule has 2 atom stereocenters. The summed E-state index contributed by atoms with van der Waals surface area (Å²) in [5.74, 6) is -1.44. The number of carbonyl (C=O) groups excluding carboxylic acids is 2. The summed E-state index contributed by atoms with van der Waals surface area (Å²) in [6.07, 6.45) is -11.4. The summed E-state index contributed by atoms with van der Waals surface area (Å²) in [6, 6.07) is 6.20. The van der Waals surface area contributed by atoms with Gasteiger partial charge in [0, 0.05) is 25.0 Å². The Morgan fingerprint density at radius 1 is 1.06 bits per heavy atom. The van der Waals surface area contributed by atoms with Crippen molar-refractivity contribution in [1.82, 2.24) is 0 Å². The lowest BCUT2D eigenvalue weighted by Gasteiger charge is -2.30. The van der Waals surface area contributed by atoms with Crippen molar-refractivity contribution in [1.29, 1.82) is 0 Å². The Labute approximate surface area is 198 Å². The summed E-state index contributed by atoms with van der Waals surface area (Å²) >= 11 is 0. The first-order valence-electron chi connectivity index (χ1n) is 10.7. The van der Waals surface area contributed by atoms with Crippen molar-refractivity contribution in [2.24, 2.45) is 5.41 Å². The van der Waals surface area contributed by atoms with E-state index in [2.05, 4.69) is 5.32 Å². The molecule has 1 aliphatic rings. The Morgan fingerprint density at radius 3 is 2.00 bits per heavy atom. The molecule has 2 aromatic rings. The molecule has 1 heterocycles. The maximum Gasteiger partial charge on any atom is 0.416 e. The lowest BCUT2D eigenvalue weighted by molar-refractivity contribution is -0.143. The van der Waals surface area contributed by atoms with Crippen molar-refractivity contribution in [2.45, 2.75) is 45.6 Å². The van der Waals surface area contributed by atoms with Crippen LogP contribution in [0.15, 0.2) is 36.4 Å². The van der Waals surface area contributed by atoms with E-state index in [1.54, 1.807) is 39.0 Å². The van der Waals surface area contributed by atoms with Gasteiger partial charge < -0.3 is 15.0 Å². The number of rotatable bonds is 5. The van der Waals surface area contributed by atoms with Crippen LogP contribution in [0.1, 0.15) is 35.6 Å². The van der Waals surface area contributed by atoms with Crippen LogP contribution in [0, 0.1) is 19.3 Å². The molecular formula is C24H24F6N2O3. The van der Waals surface area contributed by atoms with Gasteiger partial charge in [0.1, 0.15) is 5.41 Å². The molecule has 1 aliphatic heterocycles. The van der Waals surface area contributed by atoms with E-state index in [1.165, 1.54) is 12.0 Å². The van der Waals surface area contributed by atoms with E-state index in [0.717, 1.165) is 11.1 Å². The van der Waals surface area contributed by atoms with E-state index in [0.29, 0.717) is 17.8 Å². The molecule has 5 nitrogen and oxygen atoms in total. The molecule has 0 spiro atoms. The summed E-state index contributed by atoms with van der Waals surface area (Å²) in [7, 11) is 1.22. The number of benzene rings is 2. The molecule has 0 aliphatic carbocycles. The molecule has 0 bridgehead atoms. The number of anilines is 2. The predicted octanol–water partition coefficient (Wildman–Crippen LogP) is 5.74. The second-order valence-corrected chi connectivity index (χ2v) is 8.54. The van der Waals surface area contributed by atoms with Gasteiger partial charge in [0.2, 0.25) is 5.91 Å². The van der Waals surface area contributed by atoms with Crippen LogP contribution in [-0.2, 0) is 26.7 Å². The van der Waals surface area contributed by atoms with Crippen molar-refractivity contribution in [2.75, 3.05) is 23.9 Å². The fraction of sp³-hybridized carbons (Fsp3) is 0.417. The van der Waals surface area contributed by atoms with Gasteiger partial charge in [-0.05, 0) is 49.6 Å². The lowest BCUT2D eigenvalue weighted by Crippen LogP contribution is -2.46. The van der Waals surface area contributed by atoms with Gasteiger partial charge in [0.15, 0.2) is 6.10 Å². The van der Waals surface area contributed by atoms with E-state index in [9.17, 15) is 35.9 Å². The summed E-state index contributed by atoms with van der Waals surface area (Å²) < 4.78 is 84.8. The molecule has 0 radical (unpaired) electrons. The second-order valence-electron chi connectivity index (χ2n) is 8.54. The highest BCUT2D eigenvalue weighted by Crippen LogP contribution is 2.43. The fourth-order valence-electron chi connectivity index (χ4n) is 4.50. The number of carbonyl (C=O) groups is 2. The van der Waals surface area contributed by atoms with Gasteiger partial charge in [-0.15, -0.1) is 0 Å². The third kappa shape index (κ3) is 4.86. The minimum atomic E-state index is -5.07. The number of amides is 2. The Morgan fingerprint density at radius 2 is 1.57 bits per heavy atom. The van der Waals surface area contributed by atoms with E-state index >= 15 is 0 Å². The largest absolute Gasteiger partial charge is 0.416 e. The molecule has 1 saturated heterocycles. The number of nitrogens with one attached hydrogen (secondary N) is 1. The molecule has 190 valence electrons. The van der Waals surface area contributed by atoms with Crippen LogP contribution in [0.4, 0.5) is 37.7 Å². The van der Waals surface area contributed by atoms with Gasteiger partial charge in [-0.1, -0.05) is 25.1 Å². The Balaban J connectivity index is 2.05. The zero-order chi connectivity index (χ0) is 26.3. The van der Waals surface area contributed by atoms with Crippen molar-refractivity contribution in [3.63, 3.8) is 0 Å². The molecule has 0 aromatic heterocycles. The first kappa shape index (κ1) is 26.5. The normalized spacial score (nSPS) is 20.9. The van der Waals surface area contributed by atoms with Crippen LogP contribution < -0.4 is 10.2 Å². The van der Waals surface area contributed by atoms with Crippen molar-refractivity contribution < 1.29 is 40.7 Å².